The van der Waals surface area contributed by atoms with Gasteiger partial charge in [-0.3, -0.25) is 14.6 Å². The number of halogens is 1. The molecule has 0 aliphatic carbocycles. The van der Waals surface area contributed by atoms with Gasteiger partial charge in [0.25, 0.3) is 11.7 Å². The van der Waals surface area contributed by atoms with E-state index in [9.17, 15) is 14.7 Å². The Morgan fingerprint density at radius 1 is 1.15 bits per heavy atom. The summed E-state index contributed by atoms with van der Waals surface area (Å²) in [6.07, 6.45) is 3.29. The number of carbonyl (C=O) groups is 2. The van der Waals surface area contributed by atoms with Crippen molar-refractivity contribution in [3.63, 3.8) is 0 Å². The molecule has 2 aromatic carbocycles. The van der Waals surface area contributed by atoms with Gasteiger partial charge < -0.3 is 14.7 Å². The van der Waals surface area contributed by atoms with Gasteiger partial charge in [-0.15, -0.1) is 0 Å². The zero-order valence-corrected chi connectivity index (χ0v) is 19.9. The van der Waals surface area contributed by atoms with Crippen molar-refractivity contribution in [1.29, 1.82) is 0 Å². The molecular weight excluding hydrogens is 452 g/mol. The zero-order chi connectivity index (χ0) is 24.4. The largest absolute Gasteiger partial charge is 0.507 e. The highest BCUT2D eigenvalue weighted by molar-refractivity contribution is 6.46. The van der Waals surface area contributed by atoms with Crippen LogP contribution < -0.4 is 4.74 Å². The Labute approximate surface area is 203 Å². The molecule has 1 aliphatic rings. The molecule has 174 valence electrons. The zero-order valence-electron chi connectivity index (χ0n) is 19.2. The van der Waals surface area contributed by atoms with E-state index in [0.29, 0.717) is 21.9 Å². The molecule has 2 heterocycles. The van der Waals surface area contributed by atoms with Crippen molar-refractivity contribution in [2.75, 3.05) is 0 Å². The molecule has 34 heavy (non-hydrogen) atoms. The maximum atomic E-state index is 13.2. The summed E-state index contributed by atoms with van der Waals surface area (Å²) in [5.74, 6) is -0.952. The number of aliphatic hydroxyl groups excluding tert-OH is 1. The van der Waals surface area contributed by atoms with Gasteiger partial charge in [-0.05, 0) is 73.9 Å². The van der Waals surface area contributed by atoms with Crippen LogP contribution >= 0.6 is 11.6 Å². The molecule has 1 unspecified atom stereocenters. The first kappa shape index (κ1) is 23.5. The Morgan fingerprint density at radius 2 is 1.88 bits per heavy atom. The van der Waals surface area contributed by atoms with Crippen LogP contribution in [0.4, 0.5) is 0 Å². The van der Waals surface area contributed by atoms with E-state index in [0.717, 1.165) is 11.1 Å². The molecule has 0 spiro atoms. The van der Waals surface area contributed by atoms with Gasteiger partial charge in [0.15, 0.2) is 0 Å². The third-order valence-electron chi connectivity index (χ3n) is 5.61. The number of ketones is 1. The molecule has 0 radical (unpaired) electrons. The molecule has 0 saturated carbocycles. The fraction of sp³-hybridized carbons (Fsp3) is 0.222. The SMILES string of the molecule is Cc1cc(/C(O)=C2/C(=O)C(=O)N(Cc3cccnc3)C2c2ccc(Cl)cc2)ccc1OC(C)C. The van der Waals surface area contributed by atoms with Crippen molar-refractivity contribution < 1.29 is 19.4 Å². The predicted molar refractivity (Wildman–Crippen MR) is 130 cm³/mol. The number of aromatic nitrogens is 1. The van der Waals surface area contributed by atoms with Gasteiger partial charge in [-0.25, -0.2) is 0 Å². The second kappa shape index (κ2) is 9.69. The predicted octanol–water partition coefficient (Wildman–Crippen LogP) is 5.45. The number of hydrogen-bond donors (Lipinski definition) is 1. The average Bonchev–Trinajstić information content (AvgIpc) is 3.06. The number of Topliss-reactive ketones (excluding diaryl/α,β-unsaturated/α-hetero) is 1. The molecule has 1 N–H and O–H groups in total. The maximum Gasteiger partial charge on any atom is 0.295 e. The first-order valence-corrected chi connectivity index (χ1v) is 11.3. The van der Waals surface area contributed by atoms with Crippen molar-refractivity contribution in [3.8, 4) is 5.75 Å². The molecule has 1 aliphatic heterocycles. The molecule has 1 atom stereocenters. The van der Waals surface area contributed by atoms with Crippen molar-refractivity contribution in [1.82, 2.24) is 9.88 Å². The number of rotatable bonds is 6. The molecule has 7 heteroatoms. The quantitative estimate of drug-likeness (QED) is 0.290. The number of pyridine rings is 1. The van der Waals surface area contributed by atoms with E-state index in [1.165, 1.54) is 4.90 Å². The number of carbonyl (C=O) groups excluding carboxylic acids is 2. The van der Waals surface area contributed by atoms with Crippen LogP contribution in [-0.2, 0) is 16.1 Å². The van der Waals surface area contributed by atoms with E-state index < -0.39 is 17.7 Å². The van der Waals surface area contributed by atoms with Crippen molar-refractivity contribution >= 4 is 29.1 Å². The summed E-state index contributed by atoms with van der Waals surface area (Å²) in [5.41, 5.74) is 2.73. The van der Waals surface area contributed by atoms with Crippen LogP contribution in [0.5, 0.6) is 5.75 Å². The normalized spacial score (nSPS) is 17.4. The van der Waals surface area contributed by atoms with Crippen molar-refractivity contribution in [3.05, 3.63) is 99.8 Å². The average molecular weight is 477 g/mol. The number of likely N-dealkylation sites (tertiary alicyclic amines) is 1. The van der Waals surface area contributed by atoms with E-state index in [1.807, 2.05) is 26.8 Å². The molecule has 3 aromatic rings. The lowest BCUT2D eigenvalue weighted by molar-refractivity contribution is -0.140. The van der Waals surface area contributed by atoms with Gasteiger partial charge in [-0.2, -0.15) is 0 Å². The van der Waals surface area contributed by atoms with Gasteiger partial charge in [0.05, 0.1) is 17.7 Å². The summed E-state index contributed by atoms with van der Waals surface area (Å²) in [4.78, 5) is 31.9. The Balaban J connectivity index is 1.82. The molecule has 1 amide bonds. The highest BCUT2D eigenvalue weighted by Gasteiger charge is 2.46. The summed E-state index contributed by atoms with van der Waals surface area (Å²) in [5, 5.41) is 11.8. The second-order valence-corrected chi connectivity index (χ2v) is 8.92. The first-order valence-electron chi connectivity index (χ1n) is 11.0. The van der Waals surface area contributed by atoms with Crippen molar-refractivity contribution in [2.45, 2.75) is 39.5 Å². The lowest BCUT2D eigenvalue weighted by Gasteiger charge is -2.25. The van der Waals surface area contributed by atoms with Crippen LogP contribution in [0.1, 0.15) is 42.1 Å². The Hall–Kier alpha value is -3.64. The van der Waals surface area contributed by atoms with Gasteiger partial charge in [0, 0.05) is 29.5 Å². The number of aliphatic hydroxyl groups is 1. The standard InChI is InChI=1S/C27H25ClN2O4/c1-16(2)34-22-11-8-20(13-17(22)3)25(31)23-24(19-6-9-21(28)10-7-19)30(27(33)26(23)32)15-18-5-4-12-29-14-18/h4-14,16,24,31H,15H2,1-3H3/b25-23-. The minimum absolute atomic E-state index is 0.000789. The van der Waals surface area contributed by atoms with E-state index >= 15 is 0 Å². The monoisotopic (exact) mass is 476 g/mol. The third-order valence-corrected chi connectivity index (χ3v) is 5.86. The van der Waals surface area contributed by atoms with Crippen molar-refractivity contribution in [2.24, 2.45) is 0 Å². The van der Waals surface area contributed by atoms with Gasteiger partial charge in [0.1, 0.15) is 11.5 Å². The molecular formula is C27H25ClN2O4. The number of hydrogen-bond acceptors (Lipinski definition) is 5. The minimum Gasteiger partial charge on any atom is -0.507 e. The number of aryl methyl sites for hydroxylation is 1. The Bertz CT molecular complexity index is 1250. The Kier molecular flexibility index (Phi) is 6.70. The van der Waals surface area contributed by atoms with Crippen LogP contribution in [-0.4, -0.2) is 32.8 Å². The lowest BCUT2D eigenvalue weighted by Crippen LogP contribution is -2.29. The summed E-state index contributed by atoms with van der Waals surface area (Å²) >= 11 is 6.08. The lowest BCUT2D eigenvalue weighted by atomic mass is 9.94. The fourth-order valence-electron chi connectivity index (χ4n) is 4.06. The smallest absolute Gasteiger partial charge is 0.295 e. The third kappa shape index (κ3) is 4.68. The maximum absolute atomic E-state index is 13.2. The molecule has 0 bridgehead atoms. The number of ether oxygens (including phenoxy) is 1. The molecule has 1 saturated heterocycles. The van der Waals surface area contributed by atoms with Gasteiger partial charge in [0.2, 0.25) is 0 Å². The number of nitrogens with zero attached hydrogens (tertiary/aromatic N) is 2. The van der Waals surface area contributed by atoms with Gasteiger partial charge in [-0.1, -0.05) is 29.8 Å². The van der Waals surface area contributed by atoms with E-state index in [2.05, 4.69) is 4.98 Å². The fourth-order valence-corrected chi connectivity index (χ4v) is 4.19. The van der Waals surface area contributed by atoms with Crippen LogP contribution in [0, 0.1) is 6.92 Å². The van der Waals surface area contributed by atoms with Gasteiger partial charge >= 0.3 is 0 Å². The van der Waals surface area contributed by atoms with E-state index in [4.69, 9.17) is 16.3 Å². The van der Waals surface area contributed by atoms with Crippen LogP contribution in [0.3, 0.4) is 0 Å². The molecule has 1 aromatic heterocycles. The van der Waals surface area contributed by atoms with E-state index in [1.54, 1.807) is 60.9 Å². The summed E-state index contributed by atoms with van der Waals surface area (Å²) in [6, 6.07) is 14.9. The highest BCUT2D eigenvalue weighted by atomic mass is 35.5. The van der Waals surface area contributed by atoms with E-state index in [-0.39, 0.29) is 24.0 Å². The number of benzene rings is 2. The van der Waals surface area contributed by atoms with Crippen LogP contribution in [0.25, 0.3) is 5.76 Å². The molecule has 6 nitrogen and oxygen atoms in total. The number of amides is 1. The van der Waals surface area contributed by atoms with Crippen LogP contribution in [0.2, 0.25) is 5.02 Å². The first-order chi connectivity index (χ1) is 16.3. The Morgan fingerprint density at radius 3 is 2.50 bits per heavy atom. The summed E-state index contributed by atoms with van der Waals surface area (Å²) in [7, 11) is 0. The molecule has 4 rings (SSSR count). The topological polar surface area (TPSA) is 79.7 Å². The highest BCUT2D eigenvalue weighted by Crippen LogP contribution is 2.41. The summed E-state index contributed by atoms with van der Waals surface area (Å²) in [6.45, 7) is 5.90. The minimum atomic E-state index is -0.774. The molecule has 1 fully saturated rings. The summed E-state index contributed by atoms with van der Waals surface area (Å²) < 4.78 is 5.78. The van der Waals surface area contributed by atoms with Crippen LogP contribution in [0.15, 0.2) is 72.6 Å². The second-order valence-electron chi connectivity index (χ2n) is 8.49.